The number of rotatable bonds is 3. The van der Waals surface area contributed by atoms with Gasteiger partial charge in [0.15, 0.2) is 0 Å². The summed E-state index contributed by atoms with van der Waals surface area (Å²) < 4.78 is 0. The summed E-state index contributed by atoms with van der Waals surface area (Å²) in [6.45, 7) is 4.06. The maximum Gasteiger partial charge on any atom is 0.0780 e. The Morgan fingerprint density at radius 1 is 1.25 bits per heavy atom. The zero-order valence-corrected chi connectivity index (χ0v) is 10.6. The molecular formula is C12H22N2OS. The van der Waals surface area contributed by atoms with Crippen molar-refractivity contribution in [2.75, 3.05) is 37.7 Å². The Hall–Kier alpha value is 0.230. The second kappa shape index (κ2) is 4.16. The second-order valence-corrected chi connectivity index (χ2v) is 7.06. The molecule has 0 radical (unpaired) electrons. The number of β-amino-alcohol motifs (C(OH)–C–C–N with tert-alkyl or cyclic N) is 1. The van der Waals surface area contributed by atoms with Crippen LogP contribution in [0.15, 0.2) is 0 Å². The van der Waals surface area contributed by atoms with E-state index in [-0.39, 0.29) is 0 Å². The summed E-state index contributed by atoms with van der Waals surface area (Å²) in [6.07, 6.45) is 1.84. The molecule has 3 nitrogen and oxygen atoms in total. The quantitative estimate of drug-likeness (QED) is 0.751. The molecule has 3 fully saturated rings. The summed E-state index contributed by atoms with van der Waals surface area (Å²) in [5.41, 5.74) is 5.20. The first-order valence-electron chi connectivity index (χ1n) is 6.41. The normalized spacial score (nSPS) is 48.0. The molecule has 3 rings (SSSR count). The predicted octanol–water partition coefficient (Wildman–Crippen LogP) is 0.381. The summed E-state index contributed by atoms with van der Waals surface area (Å²) in [4.78, 5) is 2.49. The average molecular weight is 242 g/mol. The van der Waals surface area contributed by atoms with E-state index < -0.39 is 5.60 Å². The highest BCUT2D eigenvalue weighted by Gasteiger charge is 2.45. The third kappa shape index (κ3) is 2.01. The van der Waals surface area contributed by atoms with E-state index in [4.69, 9.17) is 5.73 Å². The van der Waals surface area contributed by atoms with Crippen LogP contribution in [0.3, 0.4) is 0 Å². The minimum Gasteiger partial charge on any atom is -0.389 e. The van der Waals surface area contributed by atoms with E-state index in [2.05, 4.69) is 16.7 Å². The van der Waals surface area contributed by atoms with E-state index in [1.165, 1.54) is 24.6 Å². The molecule has 0 aromatic rings. The molecule has 2 saturated heterocycles. The summed E-state index contributed by atoms with van der Waals surface area (Å²) >= 11 is 2.10. The van der Waals surface area contributed by atoms with Gasteiger partial charge in [-0.3, -0.25) is 4.90 Å². The summed E-state index contributed by atoms with van der Waals surface area (Å²) in [6, 6.07) is 0. The molecule has 1 saturated carbocycles. The lowest BCUT2D eigenvalue weighted by atomic mass is 9.70. The highest BCUT2D eigenvalue weighted by molar-refractivity contribution is 7.99. The van der Waals surface area contributed by atoms with Gasteiger partial charge in [0, 0.05) is 19.6 Å². The van der Waals surface area contributed by atoms with Crippen LogP contribution < -0.4 is 5.73 Å². The molecule has 16 heavy (non-hydrogen) atoms. The van der Waals surface area contributed by atoms with Gasteiger partial charge in [-0.25, -0.2) is 0 Å². The van der Waals surface area contributed by atoms with Gasteiger partial charge < -0.3 is 10.8 Å². The monoisotopic (exact) mass is 242 g/mol. The molecule has 0 amide bonds. The number of fused-ring (bicyclic) bond motifs is 1. The molecular weight excluding hydrogens is 220 g/mol. The lowest BCUT2D eigenvalue weighted by molar-refractivity contribution is -0.0881. The molecule has 3 N–H and O–H groups in total. The zero-order valence-electron chi connectivity index (χ0n) is 9.77. The van der Waals surface area contributed by atoms with Crippen molar-refractivity contribution >= 4 is 11.8 Å². The predicted molar refractivity (Wildman–Crippen MR) is 67.5 cm³/mol. The molecule has 2 heterocycles. The first-order chi connectivity index (χ1) is 7.68. The van der Waals surface area contributed by atoms with E-state index in [9.17, 15) is 5.11 Å². The van der Waals surface area contributed by atoms with E-state index in [1.807, 2.05) is 0 Å². The van der Waals surface area contributed by atoms with Crippen LogP contribution in [-0.4, -0.2) is 53.3 Å². The highest BCUT2D eigenvalue weighted by Crippen LogP contribution is 2.41. The molecule has 2 atom stereocenters. The van der Waals surface area contributed by atoms with Crippen LogP contribution in [0.1, 0.15) is 12.8 Å². The van der Waals surface area contributed by atoms with E-state index >= 15 is 0 Å². The van der Waals surface area contributed by atoms with E-state index in [0.717, 1.165) is 37.8 Å². The number of aliphatic hydroxyl groups is 1. The van der Waals surface area contributed by atoms with Crippen molar-refractivity contribution in [3.63, 3.8) is 0 Å². The van der Waals surface area contributed by atoms with Crippen molar-refractivity contribution in [1.82, 2.24) is 4.90 Å². The van der Waals surface area contributed by atoms with E-state index in [0.29, 0.717) is 5.92 Å². The minimum absolute atomic E-state index is 0.407. The van der Waals surface area contributed by atoms with Gasteiger partial charge in [0.25, 0.3) is 0 Å². The standard InChI is InChI=1S/C12H22N2OS/c13-3-9-1-12(15,2-9)8-14-4-10-6-16-7-11(10)5-14/h9-11,15H,1-8,13H2/t9?,10-,11+,12?. The van der Waals surface area contributed by atoms with Gasteiger partial charge >= 0.3 is 0 Å². The molecule has 1 aliphatic carbocycles. The van der Waals surface area contributed by atoms with Crippen LogP contribution in [-0.2, 0) is 0 Å². The average Bonchev–Trinajstić information content (AvgIpc) is 2.73. The molecule has 4 heteroatoms. The van der Waals surface area contributed by atoms with E-state index in [1.54, 1.807) is 0 Å². The van der Waals surface area contributed by atoms with Gasteiger partial charge in [-0.15, -0.1) is 0 Å². The van der Waals surface area contributed by atoms with Gasteiger partial charge in [-0.1, -0.05) is 0 Å². The first kappa shape index (κ1) is 11.3. The van der Waals surface area contributed by atoms with Crippen LogP contribution in [0, 0.1) is 17.8 Å². The van der Waals surface area contributed by atoms with Crippen molar-refractivity contribution in [1.29, 1.82) is 0 Å². The molecule has 0 aromatic heterocycles. The summed E-state index contributed by atoms with van der Waals surface area (Å²) in [5.74, 6) is 5.05. The van der Waals surface area contributed by atoms with Crippen molar-refractivity contribution in [3.05, 3.63) is 0 Å². The number of thioether (sulfide) groups is 1. The van der Waals surface area contributed by atoms with Crippen molar-refractivity contribution in [3.8, 4) is 0 Å². The highest BCUT2D eigenvalue weighted by atomic mass is 32.2. The van der Waals surface area contributed by atoms with Crippen molar-refractivity contribution in [2.45, 2.75) is 18.4 Å². The largest absolute Gasteiger partial charge is 0.389 e. The Morgan fingerprint density at radius 3 is 2.44 bits per heavy atom. The van der Waals surface area contributed by atoms with Gasteiger partial charge in [-0.2, -0.15) is 11.8 Å². The molecule has 0 bridgehead atoms. The molecule has 92 valence electrons. The van der Waals surface area contributed by atoms with Gasteiger partial charge in [0.05, 0.1) is 5.60 Å². The summed E-state index contributed by atoms with van der Waals surface area (Å²) in [5, 5.41) is 10.3. The third-order valence-corrected chi connectivity index (χ3v) is 5.83. The Morgan fingerprint density at radius 2 is 1.88 bits per heavy atom. The van der Waals surface area contributed by atoms with Gasteiger partial charge in [0.2, 0.25) is 0 Å². The number of nitrogens with two attached hydrogens (primary N) is 1. The Bertz CT molecular complexity index is 256. The molecule has 0 unspecified atom stereocenters. The lowest BCUT2D eigenvalue weighted by Crippen LogP contribution is -2.53. The van der Waals surface area contributed by atoms with Crippen LogP contribution in [0.25, 0.3) is 0 Å². The Labute approximate surface area is 102 Å². The number of nitrogens with zero attached hydrogens (tertiary/aromatic N) is 1. The van der Waals surface area contributed by atoms with Crippen LogP contribution in [0.2, 0.25) is 0 Å². The molecule has 2 aliphatic heterocycles. The van der Waals surface area contributed by atoms with Crippen molar-refractivity contribution in [2.24, 2.45) is 23.5 Å². The number of hydrogen-bond donors (Lipinski definition) is 2. The zero-order chi connectivity index (χ0) is 11.2. The Balaban J connectivity index is 1.50. The molecule has 3 aliphatic rings. The topological polar surface area (TPSA) is 49.5 Å². The maximum atomic E-state index is 10.3. The van der Waals surface area contributed by atoms with Crippen LogP contribution in [0.4, 0.5) is 0 Å². The van der Waals surface area contributed by atoms with Gasteiger partial charge in [0.1, 0.15) is 0 Å². The molecule has 0 spiro atoms. The lowest BCUT2D eigenvalue weighted by Gasteiger charge is -2.45. The molecule has 0 aromatic carbocycles. The fraction of sp³-hybridized carbons (Fsp3) is 1.00. The number of hydrogen-bond acceptors (Lipinski definition) is 4. The van der Waals surface area contributed by atoms with Crippen LogP contribution in [0.5, 0.6) is 0 Å². The maximum absolute atomic E-state index is 10.3. The summed E-state index contributed by atoms with van der Waals surface area (Å²) in [7, 11) is 0. The number of likely N-dealkylation sites (tertiary alicyclic amines) is 1. The smallest absolute Gasteiger partial charge is 0.0780 e. The Kier molecular flexibility index (Phi) is 2.94. The SMILES string of the molecule is NCC1CC(O)(CN2C[C@H]3CSC[C@H]3C2)C1. The van der Waals surface area contributed by atoms with Gasteiger partial charge in [-0.05, 0) is 48.6 Å². The third-order valence-electron chi connectivity index (χ3n) is 4.50. The van der Waals surface area contributed by atoms with Crippen molar-refractivity contribution < 1.29 is 5.11 Å². The van der Waals surface area contributed by atoms with Crippen LogP contribution >= 0.6 is 11.8 Å². The fourth-order valence-corrected chi connectivity index (χ4v) is 5.14. The second-order valence-electron chi connectivity index (χ2n) is 5.99. The first-order valence-corrected chi connectivity index (χ1v) is 7.56. The fourth-order valence-electron chi connectivity index (χ4n) is 3.64. The minimum atomic E-state index is -0.407.